The fourth-order valence-corrected chi connectivity index (χ4v) is 2.02. The molecular weight excluding hydrogens is 182 g/mol. The van der Waals surface area contributed by atoms with Crippen molar-refractivity contribution in [3.05, 3.63) is 23.2 Å². The molecule has 72 valence electrons. The molecule has 1 unspecified atom stereocenters. The topological polar surface area (TPSA) is 37.8 Å². The summed E-state index contributed by atoms with van der Waals surface area (Å²) >= 11 is 1.45. The normalized spacial score (nSPS) is 12.8. The van der Waals surface area contributed by atoms with Gasteiger partial charge in [0.25, 0.3) is 0 Å². The lowest BCUT2D eigenvalue weighted by atomic mass is 10.1. The van der Waals surface area contributed by atoms with E-state index in [1.54, 1.807) is 0 Å². The van der Waals surface area contributed by atoms with E-state index in [9.17, 15) is 0 Å². The van der Waals surface area contributed by atoms with Crippen LogP contribution in [0, 0.1) is 0 Å². The molecule has 0 radical (unpaired) electrons. The van der Waals surface area contributed by atoms with Crippen molar-refractivity contribution in [2.45, 2.75) is 25.8 Å². The zero-order chi connectivity index (χ0) is 9.68. The minimum absolute atomic E-state index is 0.196. The van der Waals surface area contributed by atoms with Gasteiger partial charge in [0.1, 0.15) is 0 Å². The molecule has 3 nitrogen and oxygen atoms in total. The van der Waals surface area contributed by atoms with Crippen molar-refractivity contribution < 1.29 is 0 Å². The van der Waals surface area contributed by atoms with Crippen LogP contribution in [0.1, 0.15) is 30.0 Å². The SMILES string of the molecule is C=CC(NC)c1snnc1CCC. The van der Waals surface area contributed by atoms with Gasteiger partial charge >= 0.3 is 0 Å². The second kappa shape index (κ2) is 5.09. The maximum Gasteiger partial charge on any atom is 0.0806 e. The van der Waals surface area contributed by atoms with Crippen molar-refractivity contribution in [1.82, 2.24) is 14.9 Å². The molecule has 0 fully saturated rings. The van der Waals surface area contributed by atoms with E-state index in [-0.39, 0.29) is 6.04 Å². The number of nitrogens with zero attached hydrogens (tertiary/aromatic N) is 2. The van der Waals surface area contributed by atoms with Crippen LogP contribution in [0.25, 0.3) is 0 Å². The highest BCUT2D eigenvalue weighted by Gasteiger charge is 2.13. The molecule has 1 heterocycles. The Hall–Kier alpha value is -0.740. The third kappa shape index (κ3) is 2.35. The summed E-state index contributed by atoms with van der Waals surface area (Å²) in [6.45, 7) is 5.92. The fourth-order valence-electron chi connectivity index (χ4n) is 1.22. The van der Waals surface area contributed by atoms with Crippen LogP contribution >= 0.6 is 11.5 Å². The molecule has 1 rings (SSSR count). The maximum atomic E-state index is 4.10. The average Bonchev–Trinajstić information content (AvgIpc) is 2.57. The molecular formula is C9H15N3S. The number of aromatic nitrogens is 2. The Balaban J connectivity index is 2.84. The van der Waals surface area contributed by atoms with E-state index in [0.29, 0.717) is 0 Å². The molecule has 1 aromatic heterocycles. The van der Waals surface area contributed by atoms with Gasteiger partial charge in [-0.3, -0.25) is 0 Å². The highest BCUT2D eigenvalue weighted by molar-refractivity contribution is 7.05. The summed E-state index contributed by atoms with van der Waals surface area (Å²) in [5, 5.41) is 7.27. The van der Waals surface area contributed by atoms with Gasteiger partial charge in [-0.25, -0.2) is 0 Å². The van der Waals surface area contributed by atoms with E-state index < -0.39 is 0 Å². The molecule has 1 N–H and O–H groups in total. The quantitative estimate of drug-likeness (QED) is 0.733. The van der Waals surface area contributed by atoms with Gasteiger partial charge in [-0.05, 0) is 25.0 Å². The third-order valence-corrected chi connectivity index (χ3v) is 2.75. The van der Waals surface area contributed by atoms with Crippen molar-refractivity contribution >= 4 is 11.5 Å². The summed E-state index contributed by atoms with van der Waals surface area (Å²) in [5.41, 5.74) is 1.10. The van der Waals surface area contributed by atoms with Crippen LogP contribution in [0.15, 0.2) is 12.7 Å². The standard InChI is InChI=1S/C9H15N3S/c1-4-6-8-9(13-12-11-8)7(5-2)10-3/h5,7,10H,2,4,6H2,1,3H3. The number of rotatable bonds is 5. The molecule has 13 heavy (non-hydrogen) atoms. The molecule has 0 saturated carbocycles. The minimum Gasteiger partial charge on any atom is -0.309 e. The molecule has 0 aliphatic heterocycles. The number of nitrogens with one attached hydrogen (secondary N) is 1. The molecule has 4 heteroatoms. The Morgan fingerprint density at radius 3 is 3.00 bits per heavy atom. The molecule has 0 amide bonds. The zero-order valence-corrected chi connectivity index (χ0v) is 8.90. The number of likely N-dealkylation sites (N-methyl/N-ethyl adjacent to an activating group) is 1. The summed E-state index contributed by atoms with van der Waals surface area (Å²) in [4.78, 5) is 1.19. The minimum atomic E-state index is 0.196. The Kier molecular flexibility index (Phi) is 4.05. The van der Waals surface area contributed by atoms with Crippen LogP contribution < -0.4 is 5.32 Å². The highest BCUT2D eigenvalue weighted by atomic mass is 32.1. The van der Waals surface area contributed by atoms with Crippen molar-refractivity contribution in [2.24, 2.45) is 0 Å². The van der Waals surface area contributed by atoms with Crippen LogP contribution in [0.5, 0.6) is 0 Å². The van der Waals surface area contributed by atoms with E-state index in [0.717, 1.165) is 18.5 Å². The van der Waals surface area contributed by atoms with Gasteiger partial charge in [-0.15, -0.1) is 11.7 Å². The van der Waals surface area contributed by atoms with E-state index in [1.165, 1.54) is 16.4 Å². The first-order valence-electron chi connectivity index (χ1n) is 4.44. The second-order valence-electron chi connectivity index (χ2n) is 2.84. The highest BCUT2D eigenvalue weighted by Crippen LogP contribution is 2.21. The molecule has 0 aromatic carbocycles. The van der Waals surface area contributed by atoms with Crippen LogP contribution in [-0.2, 0) is 6.42 Å². The van der Waals surface area contributed by atoms with Crippen molar-refractivity contribution in [2.75, 3.05) is 7.05 Å². The van der Waals surface area contributed by atoms with Gasteiger partial charge in [-0.2, -0.15) is 0 Å². The number of aryl methyl sites for hydroxylation is 1. The Morgan fingerprint density at radius 2 is 2.46 bits per heavy atom. The van der Waals surface area contributed by atoms with Crippen LogP contribution in [-0.4, -0.2) is 16.6 Å². The molecule has 0 aliphatic rings. The van der Waals surface area contributed by atoms with E-state index >= 15 is 0 Å². The van der Waals surface area contributed by atoms with E-state index in [2.05, 4.69) is 28.4 Å². The van der Waals surface area contributed by atoms with Crippen LogP contribution in [0.3, 0.4) is 0 Å². The smallest absolute Gasteiger partial charge is 0.0806 e. The van der Waals surface area contributed by atoms with Gasteiger partial charge in [0.15, 0.2) is 0 Å². The first kappa shape index (κ1) is 10.3. The summed E-state index contributed by atoms with van der Waals surface area (Å²) in [6, 6.07) is 0.196. The van der Waals surface area contributed by atoms with Gasteiger partial charge in [-0.1, -0.05) is 23.9 Å². The summed E-state index contributed by atoms with van der Waals surface area (Å²) in [5.74, 6) is 0. The van der Waals surface area contributed by atoms with Crippen LogP contribution in [0.2, 0.25) is 0 Å². The zero-order valence-electron chi connectivity index (χ0n) is 8.08. The van der Waals surface area contributed by atoms with Crippen molar-refractivity contribution in [3.8, 4) is 0 Å². The van der Waals surface area contributed by atoms with E-state index in [4.69, 9.17) is 0 Å². The van der Waals surface area contributed by atoms with Crippen molar-refractivity contribution in [3.63, 3.8) is 0 Å². The van der Waals surface area contributed by atoms with Gasteiger partial charge in [0, 0.05) is 0 Å². The molecule has 1 atom stereocenters. The average molecular weight is 197 g/mol. The summed E-state index contributed by atoms with van der Waals surface area (Å²) in [6.07, 6.45) is 3.98. The summed E-state index contributed by atoms with van der Waals surface area (Å²) < 4.78 is 3.96. The van der Waals surface area contributed by atoms with Crippen LogP contribution in [0.4, 0.5) is 0 Å². The monoisotopic (exact) mass is 197 g/mol. The van der Waals surface area contributed by atoms with Gasteiger partial charge in [0.2, 0.25) is 0 Å². The van der Waals surface area contributed by atoms with Gasteiger partial charge in [0.05, 0.1) is 16.6 Å². The predicted molar refractivity (Wildman–Crippen MR) is 55.9 cm³/mol. The Bertz CT molecular complexity index is 270. The number of hydrogen-bond donors (Lipinski definition) is 1. The first-order valence-corrected chi connectivity index (χ1v) is 5.21. The lowest BCUT2D eigenvalue weighted by molar-refractivity contribution is 0.710. The largest absolute Gasteiger partial charge is 0.309 e. The second-order valence-corrected chi connectivity index (χ2v) is 3.62. The predicted octanol–water partition coefficient (Wildman–Crippen LogP) is 1.94. The summed E-state index contributed by atoms with van der Waals surface area (Å²) in [7, 11) is 1.92. The van der Waals surface area contributed by atoms with Crippen molar-refractivity contribution in [1.29, 1.82) is 0 Å². The first-order chi connectivity index (χ1) is 6.33. The fraction of sp³-hybridized carbons (Fsp3) is 0.556. The third-order valence-electron chi connectivity index (χ3n) is 1.90. The molecule has 0 aliphatic carbocycles. The molecule has 0 saturated heterocycles. The Labute approximate surface area is 83.0 Å². The lowest BCUT2D eigenvalue weighted by Gasteiger charge is -2.08. The molecule has 0 spiro atoms. The van der Waals surface area contributed by atoms with Gasteiger partial charge < -0.3 is 5.32 Å². The van der Waals surface area contributed by atoms with E-state index in [1.807, 2.05) is 13.1 Å². The maximum absolute atomic E-state index is 4.10. The molecule has 0 bridgehead atoms. The number of hydrogen-bond acceptors (Lipinski definition) is 4. The molecule has 1 aromatic rings. The Morgan fingerprint density at radius 1 is 1.69 bits per heavy atom. The lowest BCUT2D eigenvalue weighted by Crippen LogP contribution is -2.13.